The second kappa shape index (κ2) is 3.83. The number of carbonyl (C=O) groups excluding carboxylic acids is 1. The molecule has 0 bridgehead atoms. The van der Waals surface area contributed by atoms with Gasteiger partial charge >= 0.3 is 0 Å². The Labute approximate surface area is 97.3 Å². The first-order chi connectivity index (χ1) is 8.38. The summed E-state index contributed by atoms with van der Waals surface area (Å²) in [7, 11) is 0. The molecule has 82 valence electrons. The molecule has 0 fully saturated rings. The number of aromatic amines is 1. The van der Waals surface area contributed by atoms with Crippen molar-refractivity contribution in [3.05, 3.63) is 48.4 Å². The van der Waals surface area contributed by atoms with Gasteiger partial charge in [0.15, 0.2) is 0 Å². The third kappa shape index (κ3) is 1.59. The van der Waals surface area contributed by atoms with Crippen LogP contribution in [0.1, 0.15) is 10.4 Å². The third-order valence-corrected chi connectivity index (χ3v) is 2.69. The molecular weight excluding hydrogens is 214 g/mol. The summed E-state index contributed by atoms with van der Waals surface area (Å²) < 4.78 is 0. The zero-order chi connectivity index (χ0) is 11.7. The fourth-order valence-electron chi connectivity index (χ4n) is 1.86. The van der Waals surface area contributed by atoms with Crippen LogP contribution in [0.5, 0.6) is 0 Å². The summed E-state index contributed by atoms with van der Waals surface area (Å²) in [6.07, 6.45) is 6.09. The number of hydrogen-bond donors (Lipinski definition) is 1. The van der Waals surface area contributed by atoms with E-state index in [0.29, 0.717) is 5.56 Å². The van der Waals surface area contributed by atoms with Gasteiger partial charge in [-0.05, 0) is 11.6 Å². The number of carbonyl (C=O) groups is 1. The number of rotatable bonds is 2. The number of fused-ring (bicyclic) bond motifs is 1. The first-order valence-corrected chi connectivity index (χ1v) is 5.21. The lowest BCUT2D eigenvalue weighted by molar-refractivity contribution is 0.112. The van der Waals surface area contributed by atoms with Crippen LogP contribution in [0, 0.1) is 0 Å². The van der Waals surface area contributed by atoms with E-state index in [0.717, 1.165) is 28.3 Å². The molecular formula is C13H9N3O. The lowest BCUT2D eigenvalue weighted by Gasteiger charge is -2.03. The second-order valence-electron chi connectivity index (χ2n) is 3.76. The van der Waals surface area contributed by atoms with E-state index in [1.807, 2.05) is 18.2 Å². The molecule has 17 heavy (non-hydrogen) atoms. The molecule has 4 nitrogen and oxygen atoms in total. The summed E-state index contributed by atoms with van der Waals surface area (Å²) in [5, 5.41) is 7.90. The Hall–Kier alpha value is -2.49. The number of hydrogen-bond acceptors (Lipinski definition) is 3. The Balaban J connectivity index is 2.26. The van der Waals surface area contributed by atoms with Gasteiger partial charge in [-0.15, -0.1) is 0 Å². The van der Waals surface area contributed by atoms with Crippen LogP contribution in [0.25, 0.3) is 22.0 Å². The van der Waals surface area contributed by atoms with Crippen LogP contribution in [0.3, 0.4) is 0 Å². The highest BCUT2D eigenvalue weighted by Gasteiger charge is 2.06. The molecule has 0 aliphatic heterocycles. The highest BCUT2D eigenvalue weighted by atomic mass is 16.1. The maximum atomic E-state index is 10.8. The number of benzene rings is 1. The lowest BCUT2D eigenvalue weighted by Crippen LogP contribution is -1.85. The maximum Gasteiger partial charge on any atom is 0.150 e. The van der Waals surface area contributed by atoms with Gasteiger partial charge in [0.2, 0.25) is 0 Å². The highest BCUT2D eigenvalue weighted by molar-refractivity contribution is 5.93. The molecule has 3 rings (SSSR count). The number of nitrogens with zero attached hydrogens (tertiary/aromatic N) is 2. The minimum atomic E-state index is 0.652. The van der Waals surface area contributed by atoms with Gasteiger partial charge in [0.05, 0.1) is 11.7 Å². The Morgan fingerprint density at radius 1 is 1.18 bits per heavy atom. The topological polar surface area (TPSA) is 58.6 Å². The zero-order valence-corrected chi connectivity index (χ0v) is 8.92. The van der Waals surface area contributed by atoms with E-state index >= 15 is 0 Å². The van der Waals surface area contributed by atoms with E-state index in [2.05, 4.69) is 15.2 Å². The predicted octanol–water partition coefficient (Wildman–Crippen LogP) is 2.44. The van der Waals surface area contributed by atoms with Gasteiger partial charge in [0.1, 0.15) is 6.29 Å². The van der Waals surface area contributed by atoms with E-state index < -0.39 is 0 Å². The second-order valence-corrected chi connectivity index (χ2v) is 3.76. The van der Waals surface area contributed by atoms with Gasteiger partial charge in [-0.3, -0.25) is 14.9 Å². The average Bonchev–Trinajstić information content (AvgIpc) is 2.87. The van der Waals surface area contributed by atoms with Crippen molar-refractivity contribution in [1.29, 1.82) is 0 Å². The van der Waals surface area contributed by atoms with Crippen LogP contribution in [0.4, 0.5) is 0 Å². The Morgan fingerprint density at radius 2 is 2.12 bits per heavy atom. The number of pyridine rings is 1. The summed E-state index contributed by atoms with van der Waals surface area (Å²) in [6, 6.07) is 7.42. The number of nitrogens with one attached hydrogen (secondary N) is 1. The molecule has 4 heteroatoms. The highest BCUT2D eigenvalue weighted by Crippen LogP contribution is 2.25. The van der Waals surface area contributed by atoms with Gasteiger partial charge in [-0.2, -0.15) is 5.10 Å². The molecule has 2 heterocycles. The molecule has 0 unspecified atom stereocenters. The third-order valence-electron chi connectivity index (χ3n) is 2.69. The van der Waals surface area contributed by atoms with Crippen molar-refractivity contribution in [2.24, 2.45) is 0 Å². The van der Waals surface area contributed by atoms with Gasteiger partial charge in [-0.25, -0.2) is 0 Å². The summed E-state index contributed by atoms with van der Waals surface area (Å²) in [4.78, 5) is 14.9. The molecule has 0 saturated heterocycles. The van der Waals surface area contributed by atoms with Crippen molar-refractivity contribution in [2.75, 3.05) is 0 Å². The first-order valence-electron chi connectivity index (χ1n) is 5.21. The average molecular weight is 223 g/mol. The zero-order valence-electron chi connectivity index (χ0n) is 8.92. The van der Waals surface area contributed by atoms with Gasteiger partial charge in [0, 0.05) is 28.9 Å². The molecule has 3 aromatic rings. The molecule has 1 aromatic carbocycles. The molecule has 0 aliphatic rings. The normalized spacial score (nSPS) is 10.6. The number of aldehydes is 1. The molecule has 0 saturated carbocycles. The van der Waals surface area contributed by atoms with Crippen LogP contribution in [0.15, 0.2) is 42.9 Å². The first kappa shape index (κ1) is 9.72. The molecule has 0 atom stereocenters. The fourth-order valence-corrected chi connectivity index (χ4v) is 1.86. The quantitative estimate of drug-likeness (QED) is 0.679. The summed E-state index contributed by atoms with van der Waals surface area (Å²) in [6.45, 7) is 0. The minimum absolute atomic E-state index is 0.652. The van der Waals surface area contributed by atoms with Crippen LogP contribution >= 0.6 is 0 Å². The van der Waals surface area contributed by atoms with Crippen molar-refractivity contribution in [1.82, 2.24) is 15.2 Å². The minimum Gasteiger partial charge on any atom is -0.298 e. The van der Waals surface area contributed by atoms with Crippen molar-refractivity contribution in [3.63, 3.8) is 0 Å². The number of H-pyrrole nitrogens is 1. The fraction of sp³-hybridized carbons (Fsp3) is 0. The van der Waals surface area contributed by atoms with E-state index in [-0.39, 0.29) is 0 Å². The van der Waals surface area contributed by atoms with Crippen molar-refractivity contribution >= 4 is 17.2 Å². The summed E-state index contributed by atoms with van der Waals surface area (Å²) >= 11 is 0. The van der Waals surface area contributed by atoms with E-state index in [1.54, 1.807) is 24.7 Å². The van der Waals surface area contributed by atoms with Crippen molar-refractivity contribution in [3.8, 4) is 11.1 Å². The van der Waals surface area contributed by atoms with Crippen molar-refractivity contribution in [2.45, 2.75) is 0 Å². The van der Waals surface area contributed by atoms with Crippen LogP contribution in [-0.4, -0.2) is 21.5 Å². The SMILES string of the molecule is O=Cc1cccc(-c2cncc3cn[nH]c23)c1. The van der Waals surface area contributed by atoms with Crippen molar-refractivity contribution < 1.29 is 4.79 Å². The Kier molecular flexibility index (Phi) is 2.19. The number of aromatic nitrogens is 3. The van der Waals surface area contributed by atoms with Gasteiger partial charge in [0.25, 0.3) is 0 Å². The van der Waals surface area contributed by atoms with Gasteiger partial charge < -0.3 is 0 Å². The van der Waals surface area contributed by atoms with Gasteiger partial charge in [-0.1, -0.05) is 18.2 Å². The lowest BCUT2D eigenvalue weighted by atomic mass is 10.0. The maximum absolute atomic E-state index is 10.8. The Bertz CT molecular complexity index is 688. The molecule has 0 spiro atoms. The summed E-state index contributed by atoms with van der Waals surface area (Å²) in [5.74, 6) is 0. The standard InChI is InChI=1S/C13H9N3O/c17-8-9-2-1-3-10(4-9)12-7-14-5-11-6-15-16-13(11)12/h1-8H,(H,15,16). The predicted molar refractivity (Wildman–Crippen MR) is 64.7 cm³/mol. The molecule has 0 amide bonds. The van der Waals surface area contributed by atoms with E-state index in [1.165, 1.54) is 0 Å². The van der Waals surface area contributed by atoms with Crippen LogP contribution in [0.2, 0.25) is 0 Å². The monoisotopic (exact) mass is 223 g/mol. The van der Waals surface area contributed by atoms with Crippen LogP contribution in [-0.2, 0) is 0 Å². The molecule has 2 aromatic heterocycles. The van der Waals surface area contributed by atoms with Crippen LogP contribution < -0.4 is 0 Å². The smallest absolute Gasteiger partial charge is 0.150 e. The van der Waals surface area contributed by atoms with E-state index in [9.17, 15) is 4.79 Å². The molecule has 1 N–H and O–H groups in total. The van der Waals surface area contributed by atoms with E-state index in [4.69, 9.17) is 0 Å². The molecule has 0 aliphatic carbocycles. The largest absolute Gasteiger partial charge is 0.298 e. The Morgan fingerprint density at radius 3 is 3.00 bits per heavy atom. The summed E-state index contributed by atoms with van der Waals surface area (Å²) in [5.41, 5.74) is 3.49. The molecule has 0 radical (unpaired) electrons.